The summed E-state index contributed by atoms with van der Waals surface area (Å²) in [5.74, 6) is 0.297. The first-order valence-corrected chi connectivity index (χ1v) is 10.1. The van der Waals surface area contributed by atoms with E-state index in [1.54, 1.807) is 11.3 Å². The Balaban J connectivity index is 1.67. The van der Waals surface area contributed by atoms with Gasteiger partial charge in [0.25, 0.3) is 0 Å². The van der Waals surface area contributed by atoms with Gasteiger partial charge in [0.15, 0.2) is 4.34 Å². The Hall–Kier alpha value is -1.56. The fraction of sp³-hybridized carbons (Fsp3) is 0.263. The molecule has 0 fully saturated rings. The summed E-state index contributed by atoms with van der Waals surface area (Å²) in [6, 6.07) is 13.6. The van der Waals surface area contributed by atoms with E-state index < -0.39 is 0 Å². The van der Waals surface area contributed by atoms with Gasteiger partial charge in [-0.25, -0.2) is 4.98 Å². The Morgan fingerprint density at radius 2 is 2.00 bits per heavy atom. The number of carbonyl (C=O) groups is 1. The van der Waals surface area contributed by atoms with E-state index in [1.165, 1.54) is 11.8 Å². The number of aromatic nitrogens is 1. The Morgan fingerprint density at radius 1 is 1.24 bits per heavy atom. The maximum atomic E-state index is 12.4. The number of carbonyl (C=O) groups excluding carboxylic acids is 1. The lowest BCUT2D eigenvalue weighted by atomic mass is 9.86. The maximum Gasteiger partial charge on any atom is 0.234 e. The Labute approximate surface area is 160 Å². The topological polar surface area (TPSA) is 42.0 Å². The Kier molecular flexibility index (Phi) is 5.37. The van der Waals surface area contributed by atoms with Crippen molar-refractivity contribution in [1.82, 2.24) is 4.98 Å². The summed E-state index contributed by atoms with van der Waals surface area (Å²) in [7, 11) is 0. The van der Waals surface area contributed by atoms with Crippen molar-refractivity contribution in [1.29, 1.82) is 0 Å². The average molecular weight is 391 g/mol. The number of rotatable bonds is 4. The van der Waals surface area contributed by atoms with Crippen molar-refractivity contribution in [2.45, 2.75) is 30.5 Å². The maximum absolute atomic E-state index is 12.4. The number of hydrogen-bond donors (Lipinski definition) is 1. The number of halogens is 1. The molecule has 0 unspecified atom stereocenters. The first-order chi connectivity index (χ1) is 11.8. The fourth-order valence-corrected chi connectivity index (χ4v) is 4.52. The summed E-state index contributed by atoms with van der Waals surface area (Å²) in [5.41, 5.74) is 2.85. The van der Waals surface area contributed by atoms with Crippen LogP contribution in [0.3, 0.4) is 0 Å². The average Bonchev–Trinajstić information content (AvgIpc) is 2.94. The molecule has 0 saturated carbocycles. The van der Waals surface area contributed by atoms with Crippen LogP contribution in [0, 0.1) is 0 Å². The molecular formula is C19H19ClN2OS2. The zero-order valence-electron chi connectivity index (χ0n) is 14.3. The van der Waals surface area contributed by atoms with Gasteiger partial charge in [0.05, 0.1) is 16.0 Å². The second-order valence-corrected chi connectivity index (χ2v) is 9.41. The molecule has 0 radical (unpaired) electrons. The summed E-state index contributed by atoms with van der Waals surface area (Å²) < 4.78 is 1.95. The first-order valence-electron chi connectivity index (χ1n) is 7.91. The van der Waals surface area contributed by atoms with Gasteiger partial charge in [-0.05, 0) is 35.2 Å². The predicted molar refractivity (Wildman–Crippen MR) is 109 cm³/mol. The zero-order chi connectivity index (χ0) is 18.0. The minimum atomic E-state index is -0.0287. The predicted octanol–water partition coefficient (Wildman–Crippen LogP) is 5.98. The molecular weight excluding hydrogens is 372 g/mol. The molecule has 3 nitrogen and oxygen atoms in total. The summed E-state index contributed by atoms with van der Waals surface area (Å²) in [6.45, 7) is 6.41. The van der Waals surface area contributed by atoms with E-state index in [2.05, 4.69) is 37.1 Å². The molecule has 1 N–H and O–H groups in total. The molecule has 6 heteroatoms. The minimum absolute atomic E-state index is 0.0245. The lowest BCUT2D eigenvalue weighted by molar-refractivity contribution is -0.113. The largest absolute Gasteiger partial charge is 0.325 e. The molecule has 0 atom stereocenters. The van der Waals surface area contributed by atoms with Crippen LogP contribution in [0.25, 0.3) is 10.2 Å². The van der Waals surface area contributed by atoms with Gasteiger partial charge in [-0.2, -0.15) is 0 Å². The molecule has 130 valence electrons. The molecule has 3 rings (SSSR count). The molecule has 1 heterocycles. The van der Waals surface area contributed by atoms with Crippen molar-refractivity contribution in [3.05, 3.63) is 53.1 Å². The van der Waals surface area contributed by atoms with Crippen molar-refractivity contribution in [3.8, 4) is 0 Å². The summed E-state index contributed by atoms with van der Waals surface area (Å²) in [5, 5.41) is 3.70. The lowest BCUT2D eigenvalue weighted by Crippen LogP contribution is -2.19. The van der Waals surface area contributed by atoms with Gasteiger partial charge in [0.2, 0.25) is 5.91 Å². The van der Waals surface area contributed by atoms with E-state index in [-0.39, 0.29) is 11.3 Å². The van der Waals surface area contributed by atoms with Gasteiger partial charge < -0.3 is 5.32 Å². The first kappa shape index (κ1) is 18.2. The van der Waals surface area contributed by atoms with Crippen LogP contribution in [0.1, 0.15) is 26.3 Å². The van der Waals surface area contributed by atoms with Gasteiger partial charge in [-0.1, -0.05) is 62.3 Å². The van der Waals surface area contributed by atoms with E-state index in [0.717, 1.165) is 25.8 Å². The number of nitrogens with one attached hydrogen (secondary N) is 1. The second kappa shape index (κ2) is 7.36. The van der Waals surface area contributed by atoms with Crippen molar-refractivity contribution < 1.29 is 4.79 Å². The van der Waals surface area contributed by atoms with Gasteiger partial charge >= 0.3 is 0 Å². The number of anilines is 1. The van der Waals surface area contributed by atoms with Crippen molar-refractivity contribution >= 4 is 56.5 Å². The molecule has 0 aliphatic heterocycles. The fourth-order valence-electron chi connectivity index (χ4n) is 2.50. The van der Waals surface area contributed by atoms with Crippen LogP contribution in [0.15, 0.2) is 46.8 Å². The number of hydrogen-bond acceptors (Lipinski definition) is 4. The molecule has 1 amide bonds. The number of fused-ring (bicyclic) bond motifs is 1. The number of nitrogens with zero attached hydrogens (tertiary/aromatic N) is 1. The minimum Gasteiger partial charge on any atom is -0.325 e. The monoisotopic (exact) mass is 390 g/mol. The number of para-hydroxylation sites is 1. The Bertz CT molecular complexity index is 915. The van der Waals surface area contributed by atoms with E-state index in [0.29, 0.717) is 10.8 Å². The van der Waals surface area contributed by atoms with Crippen LogP contribution >= 0.6 is 34.7 Å². The number of benzene rings is 2. The normalized spacial score (nSPS) is 11.7. The molecule has 0 aliphatic rings. The summed E-state index contributed by atoms with van der Waals surface area (Å²) in [6.07, 6.45) is 0. The van der Waals surface area contributed by atoms with Crippen LogP contribution in [-0.2, 0) is 10.2 Å². The molecule has 0 spiro atoms. The van der Waals surface area contributed by atoms with Crippen LogP contribution < -0.4 is 5.32 Å². The second-order valence-electron chi connectivity index (χ2n) is 6.72. The number of thiazole rings is 1. The smallest absolute Gasteiger partial charge is 0.234 e. The van der Waals surface area contributed by atoms with Crippen LogP contribution in [-0.4, -0.2) is 16.6 Å². The molecule has 3 aromatic rings. The SMILES string of the molecule is CC(C)(C)c1ccccc1NC(=O)CSc1nc2cc(Cl)ccc2s1. The Morgan fingerprint density at radius 3 is 2.76 bits per heavy atom. The van der Waals surface area contributed by atoms with Gasteiger partial charge in [0, 0.05) is 10.7 Å². The van der Waals surface area contributed by atoms with Crippen LogP contribution in [0.5, 0.6) is 0 Å². The summed E-state index contributed by atoms with van der Waals surface area (Å²) >= 11 is 9.01. The third-order valence-corrected chi connectivity index (χ3v) is 6.08. The molecule has 2 aromatic carbocycles. The van der Waals surface area contributed by atoms with E-state index in [9.17, 15) is 4.79 Å². The van der Waals surface area contributed by atoms with E-state index in [1.807, 2.05) is 36.4 Å². The van der Waals surface area contributed by atoms with E-state index in [4.69, 9.17) is 11.6 Å². The third kappa shape index (κ3) is 4.54. The quantitative estimate of drug-likeness (QED) is 0.557. The van der Waals surface area contributed by atoms with Crippen molar-refractivity contribution in [2.75, 3.05) is 11.1 Å². The van der Waals surface area contributed by atoms with Crippen molar-refractivity contribution in [3.63, 3.8) is 0 Å². The molecule has 1 aromatic heterocycles. The lowest BCUT2D eigenvalue weighted by Gasteiger charge is -2.22. The molecule has 0 saturated heterocycles. The highest BCUT2D eigenvalue weighted by molar-refractivity contribution is 8.01. The molecule has 25 heavy (non-hydrogen) atoms. The van der Waals surface area contributed by atoms with Gasteiger partial charge in [0.1, 0.15) is 0 Å². The zero-order valence-corrected chi connectivity index (χ0v) is 16.7. The molecule has 0 aliphatic carbocycles. The highest BCUT2D eigenvalue weighted by Crippen LogP contribution is 2.32. The van der Waals surface area contributed by atoms with Crippen molar-refractivity contribution in [2.24, 2.45) is 0 Å². The molecule has 0 bridgehead atoms. The van der Waals surface area contributed by atoms with Crippen LogP contribution in [0.4, 0.5) is 5.69 Å². The van der Waals surface area contributed by atoms with Gasteiger partial charge in [-0.15, -0.1) is 11.3 Å². The van der Waals surface area contributed by atoms with Crippen LogP contribution in [0.2, 0.25) is 5.02 Å². The highest BCUT2D eigenvalue weighted by atomic mass is 35.5. The summed E-state index contributed by atoms with van der Waals surface area (Å²) in [4.78, 5) is 16.9. The number of amides is 1. The van der Waals surface area contributed by atoms with E-state index >= 15 is 0 Å². The highest BCUT2D eigenvalue weighted by Gasteiger charge is 2.18. The standard InChI is InChI=1S/C19H19ClN2OS2/c1-19(2,3)13-6-4-5-7-14(13)21-17(23)11-24-18-22-15-10-12(20)8-9-16(15)25-18/h4-10H,11H2,1-3H3,(H,21,23). The third-order valence-electron chi connectivity index (χ3n) is 3.67. The number of thioether (sulfide) groups is 1. The van der Waals surface area contributed by atoms with Gasteiger partial charge in [-0.3, -0.25) is 4.79 Å².